The minimum Gasteiger partial charge on any atom is -0.493 e. The van der Waals surface area contributed by atoms with Crippen LogP contribution in [0.25, 0.3) is 0 Å². The number of carbonyl (C=O) groups excluding carboxylic acids is 1. The molecule has 0 amide bonds. The van der Waals surface area contributed by atoms with Gasteiger partial charge >= 0.3 is 0 Å². The maximum absolute atomic E-state index is 11.6. The van der Waals surface area contributed by atoms with Gasteiger partial charge in [0.15, 0.2) is 35.4 Å². The van der Waals surface area contributed by atoms with Crippen LogP contribution in [-0.4, -0.2) is 34.7 Å². The largest absolute Gasteiger partial charge is 0.493 e. The zero-order valence-electron chi connectivity index (χ0n) is 14.1. The minimum atomic E-state index is -0.852. The third-order valence-electron chi connectivity index (χ3n) is 3.49. The molecule has 0 aliphatic carbocycles. The van der Waals surface area contributed by atoms with Gasteiger partial charge < -0.3 is 23.7 Å². The van der Waals surface area contributed by atoms with Crippen molar-refractivity contribution in [1.29, 1.82) is 0 Å². The first kappa shape index (κ1) is 17.5. The number of aldehydes is 1. The molecule has 1 unspecified atom stereocenters. The van der Waals surface area contributed by atoms with E-state index in [1.54, 1.807) is 43.5 Å². The van der Waals surface area contributed by atoms with Crippen LogP contribution in [0.1, 0.15) is 11.7 Å². The second-order valence-electron chi connectivity index (χ2n) is 4.78. The normalized spacial score (nSPS) is 11.3. The van der Waals surface area contributed by atoms with Gasteiger partial charge in [0.25, 0.3) is 0 Å². The second kappa shape index (κ2) is 8.10. The number of methoxy groups -OCH3 is 4. The van der Waals surface area contributed by atoms with E-state index in [0.29, 0.717) is 40.6 Å². The predicted octanol–water partition coefficient (Wildman–Crippen LogP) is 3.04. The van der Waals surface area contributed by atoms with Crippen LogP contribution in [0.5, 0.6) is 28.7 Å². The molecule has 24 heavy (non-hydrogen) atoms. The molecule has 0 saturated heterocycles. The first-order valence-corrected chi connectivity index (χ1v) is 7.23. The van der Waals surface area contributed by atoms with Crippen molar-refractivity contribution in [1.82, 2.24) is 0 Å². The summed E-state index contributed by atoms with van der Waals surface area (Å²) in [5, 5.41) is 0. The maximum atomic E-state index is 11.6. The molecule has 2 rings (SSSR count). The lowest BCUT2D eigenvalue weighted by molar-refractivity contribution is -0.114. The average Bonchev–Trinajstić information content (AvgIpc) is 2.65. The molecule has 0 fully saturated rings. The molecule has 0 N–H and O–H groups in total. The maximum Gasteiger partial charge on any atom is 0.204 e. The third kappa shape index (κ3) is 3.53. The van der Waals surface area contributed by atoms with E-state index >= 15 is 0 Å². The highest BCUT2D eigenvalue weighted by molar-refractivity contribution is 5.63. The fourth-order valence-electron chi connectivity index (χ4n) is 2.26. The Hall–Kier alpha value is -2.89. The summed E-state index contributed by atoms with van der Waals surface area (Å²) in [6, 6.07) is 10.4. The summed E-state index contributed by atoms with van der Waals surface area (Å²) in [5.74, 6) is 2.39. The molecule has 128 valence electrons. The summed E-state index contributed by atoms with van der Waals surface area (Å²) >= 11 is 0. The van der Waals surface area contributed by atoms with E-state index < -0.39 is 6.10 Å². The summed E-state index contributed by atoms with van der Waals surface area (Å²) in [7, 11) is 6.12. The molecule has 0 aliphatic heterocycles. The SMILES string of the molecule is COc1ccc(C(C=O)Oc2c(OC)cccc2OC)cc1OC. The molecule has 6 heteroatoms. The van der Waals surface area contributed by atoms with Crippen molar-refractivity contribution in [2.75, 3.05) is 28.4 Å². The molecule has 6 nitrogen and oxygen atoms in total. The Morgan fingerprint density at radius 1 is 0.792 bits per heavy atom. The van der Waals surface area contributed by atoms with Gasteiger partial charge in [-0.1, -0.05) is 12.1 Å². The number of rotatable bonds is 8. The molecule has 0 aromatic heterocycles. The van der Waals surface area contributed by atoms with E-state index in [-0.39, 0.29) is 0 Å². The molecule has 0 saturated carbocycles. The smallest absolute Gasteiger partial charge is 0.204 e. The monoisotopic (exact) mass is 332 g/mol. The summed E-state index contributed by atoms with van der Waals surface area (Å²) < 4.78 is 26.9. The third-order valence-corrected chi connectivity index (χ3v) is 3.49. The van der Waals surface area contributed by atoms with Crippen LogP contribution in [0, 0.1) is 0 Å². The molecular formula is C18H20O6. The first-order valence-electron chi connectivity index (χ1n) is 7.23. The highest BCUT2D eigenvalue weighted by Crippen LogP contribution is 2.40. The van der Waals surface area contributed by atoms with Crippen LogP contribution < -0.4 is 23.7 Å². The Balaban J connectivity index is 2.39. The number of hydrogen-bond donors (Lipinski definition) is 0. The van der Waals surface area contributed by atoms with Crippen LogP contribution in [0.2, 0.25) is 0 Å². The van der Waals surface area contributed by atoms with Gasteiger partial charge in [-0.05, 0) is 24.3 Å². The lowest BCUT2D eigenvalue weighted by Crippen LogP contribution is -2.11. The van der Waals surface area contributed by atoms with E-state index in [0.717, 1.165) is 0 Å². The Bertz CT molecular complexity index is 676. The van der Waals surface area contributed by atoms with Crippen molar-refractivity contribution in [3.8, 4) is 28.7 Å². The quantitative estimate of drug-likeness (QED) is 0.692. The molecule has 0 aliphatic rings. The molecule has 1 atom stereocenters. The Morgan fingerprint density at radius 2 is 1.38 bits per heavy atom. The van der Waals surface area contributed by atoms with Crippen molar-refractivity contribution in [2.24, 2.45) is 0 Å². The van der Waals surface area contributed by atoms with Crippen LogP contribution in [0.3, 0.4) is 0 Å². The number of ether oxygens (including phenoxy) is 5. The van der Waals surface area contributed by atoms with Gasteiger partial charge in [-0.15, -0.1) is 0 Å². The molecule has 0 heterocycles. The van der Waals surface area contributed by atoms with Crippen LogP contribution in [0.4, 0.5) is 0 Å². The Labute approximate surface area is 140 Å². The van der Waals surface area contributed by atoms with Crippen molar-refractivity contribution < 1.29 is 28.5 Å². The summed E-state index contributed by atoms with van der Waals surface area (Å²) in [6.07, 6.45) is -0.150. The summed E-state index contributed by atoms with van der Waals surface area (Å²) in [4.78, 5) is 11.6. The fourth-order valence-corrected chi connectivity index (χ4v) is 2.26. The molecular weight excluding hydrogens is 312 g/mol. The number of hydrogen-bond acceptors (Lipinski definition) is 6. The van der Waals surface area contributed by atoms with Crippen molar-refractivity contribution in [2.45, 2.75) is 6.10 Å². The fraction of sp³-hybridized carbons (Fsp3) is 0.278. The van der Waals surface area contributed by atoms with E-state index in [1.165, 1.54) is 21.3 Å². The van der Waals surface area contributed by atoms with Crippen LogP contribution >= 0.6 is 0 Å². The van der Waals surface area contributed by atoms with Crippen LogP contribution in [0.15, 0.2) is 36.4 Å². The zero-order valence-corrected chi connectivity index (χ0v) is 14.1. The van der Waals surface area contributed by atoms with Gasteiger partial charge in [0.2, 0.25) is 5.75 Å². The number of carbonyl (C=O) groups is 1. The van der Waals surface area contributed by atoms with Crippen LogP contribution in [-0.2, 0) is 4.79 Å². The Morgan fingerprint density at radius 3 is 1.88 bits per heavy atom. The first-order chi connectivity index (χ1) is 11.7. The standard InChI is InChI=1S/C18H20O6/c1-20-13-9-8-12(10-16(13)23-4)17(11-19)24-18-14(21-2)6-5-7-15(18)22-3/h5-11,17H,1-4H3. The predicted molar refractivity (Wildman–Crippen MR) is 88.5 cm³/mol. The van der Waals surface area contributed by atoms with Gasteiger partial charge in [0, 0.05) is 5.56 Å². The average molecular weight is 332 g/mol. The van der Waals surface area contributed by atoms with E-state index in [1.807, 2.05) is 0 Å². The molecule has 2 aromatic rings. The van der Waals surface area contributed by atoms with Gasteiger partial charge in [0.1, 0.15) is 0 Å². The van der Waals surface area contributed by atoms with Gasteiger partial charge in [-0.2, -0.15) is 0 Å². The number of benzene rings is 2. The second-order valence-corrected chi connectivity index (χ2v) is 4.78. The lowest BCUT2D eigenvalue weighted by atomic mass is 10.1. The number of para-hydroxylation sites is 1. The van der Waals surface area contributed by atoms with Crippen molar-refractivity contribution >= 4 is 6.29 Å². The topological polar surface area (TPSA) is 63.2 Å². The van der Waals surface area contributed by atoms with E-state index in [9.17, 15) is 4.79 Å². The van der Waals surface area contributed by atoms with E-state index in [2.05, 4.69) is 0 Å². The molecule has 0 bridgehead atoms. The lowest BCUT2D eigenvalue weighted by Gasteiger charge is -2.19. The van der Waals surface area contributed by atoms with Gasteiger partial charge in [0.05, 0.1) is 28.4 Å². The molecule has 0 spiro atoms. The van der Waals surface area contributed by atoms with Crippen molar-refractivity contribution in [3.63, 3.8) is 0 Å². The zero-order chi connectivity index (χ0) is 17.5. The summed E-state index contributed by atoms with van der Waals surface area (Å²) in [5.41, 5.74) is 0.621. The van der Waals surface area contributed by atoms with Crippen molar-refractivity contribution in [3.05, 3.63) is 42.0 Å². The molecule has 2 aromatic carbocycles. The highest BCUT2D eigenvalue weighted by atomic mass is 16.5. The van der Waals surface area contributed by atoms with Gasteiger partial charge in [-0.25, -0.2) is 0 Å². The summed E-state index contributed by atoms with van der Waals surface area (Å²) in [6.45, 7) is 0. The minimum absolute atomic E-state index is 0.356. The Kier molecular flexibility index (Phi) is 5.89. The highest BCUT2D eigenvalue weighted by Gasteiger charge is 2.20. The molecule has 0 radical (unpaired) electrons. The van der Waals surface area contributed by atoms with E-state index in [4.69, 9.17) is 23.7 Å². The van der Waals surface area contributed by atoms with Gasteiger partial charge in [-0.3, -0.25) is 4.79 Å².